The molecule has 1 aromatic carbocycles. The maximum Gasteiger partial charge on any atom is 0.251 e. The first-order valence-electron chi connectivity index (χ1n) is 8.00. The molecule has 2 unspecified atom stereocenters. The minimum atomic E-state index is 0.0260. The smallest absolute Gasteiger partial charge is 0.251 e. The van der Waals surface area contributed by atoms with Crippen LogP contribution in [0.25, 0.3) is 0 Å². The second-order valence-electron chi connectivity index (χ2n) is 7.22. The second kappa shape index (κ2) is 6.61. The standard InChI is InChI=1S/C18H28N2O/c1-18(2,3)16-9-7-13(8-10-16)17(21)20-12-15-6-4-5-14(15)11-19/h7-10,14-15H,4-6,11-12,19H2,1-3H3,(H,20,21). The second-order valence-corrected chi connectivity index (χ2v) is 7.22. The van der Waals surface area contributed by atoms with Crippen LogP contribution in [-0.2, 0) is 5.41 Å². The number of nitrogens with one attached hydrogen (secondary N) is 1. The van der Waals surface area contributed by atoms with Crippen molar-refractivity contribution in [2.45, 2.75) is 45.4 Å². The molecule has 0 aromatic heterocycles. The number of carbonyl (C=O) groups excluding carboxylic acids is 1. The lowest BCUT2D eigenvalue weighted by molar-refractivity contribution is 0.0944. The molecule has 1 aliphatic carbocycles. The Balaban J connectivity index is 1.91. The lowest BCUT2D eigenvalue weighted by Gasteiger charge is -2.20. The van der Waals surface area contributed by atoms with E-state index in [1.54, 1.807) is 0 Å². The van der Waals surface area contributed by atoms with E-state index in [2.05, 4.69) is 26.1 Å². The van der Waals surface area contributed by atoms with E-state index in [9.17, 15) is 4.79 Å². The summed E-state index contributed by atoms with van der Waals surface area (Å²) < 4.78 is 0. The summed E-state index contributed by atoms with van der Waals surface area (Å²) in [5, 5.41) is 3.07. The third-order valence-electron chi connectivity index (χ3n) is 4.66. The summed E-state index contributed by atoms with van der Waals surface area (Å²) in [7, 11) is 0. The van der Waals surface area contributed by atoms with E-state index in [1.165, 1.54) is 24.8 Å². The van der Waals surface area contributed by atoms with Gasteiger partial charge in [0.15, 0.2) is 0 Å². The molecule has 1 aromatic rings. The van der Waals surface area contributed by atoms with Crippen LogP contribution in [0.15, 0.2) is 24.3 Å². The van der Waals surface area contributed by atoms with Gasteiger partial charge in [-0.25, -0.2) is 0 Å². The fourth-order valence-electron chi connectivity index (χ4n) is 3.14. The van der Waals surface area contributed by atoms with Crippen molar-refractivity contribution >= 4 is 5.91 Å². The minimum absolute atomic E-state index is 0.0260. The highest BCUT2D eigenvalue weighted by atomic mass is 16.1. The number of hydrogen-bond donors (Lipinski definition) is 2. The van der Waals surface area contributed by atoms with Crippen molar-refractivity contribution < 1.29 is 4.79 Å². The molecule has 3 N–H and O–H groups in total. The van der Waals surface area contributed by atoms with Gasteiger partial charge in [-0.15, -0.1) is 0 Å². The predicted octanol–water partition coefficient (Wildman–Crippen LogP) is 3.09. The molecule has 0 aliphatic heterocycles. The van der Waals surface area contributed by atoms with Gasteiger partial charge in [0, 0.05) is 12.1 Å². The zero-order valence-electron chi connectivity index (χ0n) is 13.5. The van der Waals surface area contributed by atoms with Gasteiger partial charge in [0.1, 0.15) is 0 Å². The summed E-state index contributed by atoms with van der Waals surface area (Å²) in [6, 6.07) is 7.94. The Morgan fingerprint density at radius 1 is 1.19 bits per heavy atom. The van der Waals surface area contributed by atoms with E-state index in [0.29, 0.717) is 11.8 Å². The molecule has 0 saturated heterocycles. The first kappa shape index (κ1) is 16.0. The Morgan fingerprint density at radius 2 is 1.81 bits per heavy atom. The summed E-state index contributed by atoms with van der Waals surface area (Å²) in [4.78, 5) is 12.2. The van der Waals surface area contributed by atoms with Gasteiger partial charge in [-0.1, -0.05) is 39.3 Å². The van der Waals surface area contributed by atoms with Gasteiger partial charge < -0.3 is 11.1 Å². The van der Waals surface area contributed by atoms with Crippen LogP contribution in [0, 0.1) is 11.8 Å². The van der Waals surface area contributed by atoms with Gasteiger partial charge in [0.2, 0.25) is 0 Å². The van der Waals surface area contributed by atoms with E-state index in [4.69, 9.17) is 5.73 Å². The van der Waals surface area contributed by atoms with Gasteiger partial charge in [-0.2, -0.15) is 0 Å². The summed E-state index contributed by atoms with van der Waals surface area (Å²) in [5.74, 6) is 1.15. The SMILES string of the molecule is CC(C)(C)c1ccc(C(=O)NCC2CCCC2CN)cc1. The third-order valence-corrected chi connectivity index (χ3v) is 4.66. The van der Waals surface area contributed by atoms with Gasteiger partial charge in [0.25, 0.3) is 5.91 Å². The maximum atomic E-state index is 12.2. The maximum absolute atomic E-state index is 12.2. The molecule has 21 heavy (non-hydrogen) atoms. The van der Waals surface area contributed by atoms with Crippen LogP contribution < -0.4 is 11.1 Å². The normalized spacial score (nSPS) is 22.3. The first-order chi connectivity index (χ1) is 9.91. The van der Waals surface area contributed by atoms with Crippen molar-refractivity contribution in [2.24, 2.45) is 17.6 Å². The number of carbonyl (C=O) groups is 1. The molecular weight excluding hydrogens is 260 g/mol. The molecule has 0 heterocycles. The molecule has 3 heteroatoms. The van der Waals surface area contributed by atoms with Gasteiger partial charge in [0.05, 0.1) is 0 Å². The summed E-state index contributed by atoms with van der Waals surface area (Å²) >= 11 is 0. The van der Waals surface area contributed by atoms with Crippen LogP contribution in [0.3, 0.4) is 0 Å². The molecule has 1 amide bonds. The van der Waals surface area contributed by atoms with Crippen molar-refractivity contribution in [1.29, 1.82) is 0 Å². The highest BCUT2D eigenvalue weighted by Gasteiger charge is 2.26. The largest absolute Gasteiger partial charge is 0.352 e. The lowest BCUT2D eigenvalue weighted by atomic mass is 9.86. The molecule has 1 aliphatic rings. The lowest BCUT2D eigenvalue weighted by Crippen LogP contribution is -2.32. The topological polar surface area (TPSA) is 55.1 Å². The van der Waals surface area contributed by atoms with E-state index in [1.807, 2.05) is 24.3 Å². The zero-order valence-corrected chi connectivity index (χ0v) is 13.5. The van der Waals surface area contributed by atoms with Crippen molar-refractivity contribution in [3.05, 3.63) is 35.4 Å². The van der Waals surface area contributed by atoms with Gasteiger partial charge in [-0.05, 0) is 54.3 Å². The molecule has 116 valence electrons. The van der Waals surface area contributed by atoms with Gasteiger partial charge in [-0.3, -0.25) is 4.79 Å². The van der Waals surface area contributed by atoms with E-state index in [0.717, 1.165) is 18.7 Å². The molecule has 2 rings (SSSR count). The quantitative estimate of drug-likeness (QED) is 0.894. The number of rotatable bonds is 4. The number of amides is 1. The molecule has 1 fully saturated rings. The number of hydrogen-bond acceptors (Lipinski definition) is 2. The summed E-state index contributed by atoms with van der Waals surface area (Å²) in [6.45, 7) is 8.02. The Hall–Kier alpha value is -1.35. The predicted molar refractivity (Wildman–Crippen MR) is 87.4 cm³/mol. The highest BCUT2D eigenvalue weighted by Crippen LogP contribution is 2.30. The molecule has 0 spiro atoms. The average Bonchev–Trinajstić information content (AvgIpc) is 2.91. The van der Waals surface area contributed by atoms with Crippen molar-refractivity contribution in [2.75, 3.05) is 13.1 Å². The molecular formula is C18H28N2O. The monoisotopic (exact) mass is 288 g/mol. The fraction of sp³-hybridized carbons (Fsp3) is 0.611. The van der Waals surface area contributed by atoms with Crippen LogP contribution >= 0.6 is 0 Å². The summed E-state index contributed by atoms with van der Waals surface area (Å²) in [5.41, 5.74) is 7.89. The Morgan fingerprint density at radius 3 is 2.38 bits per heavy atom. The molecule has 0 radical (unpaired) electrons. The molecule has 3 nitrogen and oxygen atoms in total. The summed E-state index contributed by atoms with van der Waals surface area (Å²) in [6.07, 6.45) is 3.63. The molecule has 2 atom stereocenters. The van der Waals surface area contributed by atoms with Crippen LogP contribution in [0.2, 0.25) is 0 Å². The number of nitrogens with two attached hydrogens (primary N) is 1. The Bertz CT molecular complexity index is 473. The van der Waals surface area contributed by atoms with E-state index < -0.39 is 0 Å². The Kier molecular flexibility index (Phi) is 5.04. The highest BCUT2D eigenvalue weighted by molar-refractivity contribution is 5.94. The van der Waals surface area contributed by atoms with Crippen LogP contribution in [0.1, 0.15) is 56.0 Å². The van der Waals surface area contributed by atoms with E-state index in [-0.39, 0.29) is 11.3 Å². The van der Waals surface area contributed by atoms with Crippen molar-refractivity contribution in [1.82, 2.24) is 5.32 Å². The van der Waals surface area contributed by atoms with Crippen LogP contribution in [-0.4, -0.2) is 19.0 Å². The fourth-order valence-corrected chi connectivity index (χ4v) is 3.14. The molecule has 0 bridgehead atoms. The van der Waals surface area contributed by atoms with Crippen molar-refractivity contribution in [3.8, 4) is 0 Å². The average molecular weight is 288 g/mol. The van der Waals surface area contributed by atoms with E-state index >= 15 is 0 Å². The zero-order chi connectivity index (χ0) is 15.5. The third kappa shape index (κ3) is 4.07. The van der Waals surface area contributed by atoms with Crippen LogP contribution in [0.4, 0.5) is 0 Å². The Labute approximate surface area is 128 Å². The van der Waals surface area contributed by atoms with Crippen molar-refractivity contribution in [3.63, 3.8) is 0 Å². The molecule has 1 saturated carbocycles. The van der Waals surface area contributed by atoms with Gasteiger partial charge >= 0.3 is 0 Å². The first-order valence-corrected chi connectivity index (χ1v) is 8.00. The number of benzene rings is 1. The van der Waals surface area contributed by atoms with Crippen LogP contribution in [0.5, 0.6) is 0 Å². The minimum Gasteiger partial charge on any atom is -0.352 e.